The van der Waals surface area contributed by atoms with Crippen molar-refractivity contribution in [3.8, 4) is 0 Å². The summed E-state index contributed by atoms with van der Waals surface area (Å²) < 4.78 is 0. The highest BCUT2D eigenvalue weighted by molar-refractivity contribution is 5.93. The Hall–Kier alpha value is -2.43. The lowest BCUT2D eigenvalue weighted by atomic mass is 9.97. The van der Waals surface area contributed by atoms with Crippen molar-refractivity contribution in [2.24, 2.45) is 0 Å². The predicted octanol–water partition coefficient (Wildman–Crippen LogP) is 4.47. The van der Waals surface area contributed by atoms with Gasteiger partial charge in [-0.2, -0.15) is 0 Å². The fraction of sp³-hybridized carbons (Fsp3) is 0.400. The van der Waals surface area contributed by atoms with E-state index in [2.05, 4.69) is 71.4 Å². The van der Waals surface area contributed by atoms with E-state index in [9.17, 15) is 4.79 Å². The molecule has 0 saturated carbocycles. The fourth-order valence-electron chi connectivity index (χ4n) is 3.69. The van der Waals surface area contributed by atoms with Gasteiger partial charge in [-0.3, -0.25) is 14.6 Å². The molecular weight excluding hydrogens is 358 g/mol. The zero-order valence-corrected chi connectivity index (χ0v) is 17.7. The minimum Gasteiger partial charge on any atom is -0.325 e. The van der Waals surface area contributed by atoms with Crippen LogP contribution in [0.5, 0.6) is 0 Å². The Morgan fingerprint density at radius 3 is 2.38 bits per heavy atom. The topological polar surface area (TPSA) is 35.6 Å². The molecule has 2 aromatic carbocycles. The Kier molecular flexibility index (Phi) is 8.03. The van der Waals surface area contributed by atoms with Crippen LogP contribution in [-0.4, -0.2) is 55.0 Å². The molecule has 0 aromatic heterocycles. The molecule has 0 bridgehead atoms. The lowest BCUT2D eigenvalue weighted by molar-refractivity contribution is -0.117. The maximum atomic E-state index is 12.6. The van der Waals surface area contributed by atoms with E-state index in [1.807, 2.05) is 24.3 Å². The molecule has 4 nitrogen and oxygen atoms in total. The van der Waals surface area contributed by atoms with Crippen molar-refractivity contribution in [3.63, 3.8) is 0 Å². The molecule has 1 saturated heterocycles. The zero-order valence-electron chi connectivity index (χ0n) is 17.7. The molecule has 1 atom stereocenters. The largest absolute Gasteiger partial charge is 0.325 e. The molecule has 1 aliphatic rings. The maximum absolute atomic E-state index is 12.6. The predicted molar refractivity (Wildman–Crippen MR) is 122 cm³/mol. The van der Waals surface area contributed by atoms with Crippen molar-refractivity contribution in [3.05, 3.63) is 71.8 Å². The Balaban J connectivity index is 1.43. The zero-order chi connectivity index (χ0) is 20.5. The van der Waals surface area contributed by atoms with Crippen LogP contribution in [0.2, 0.25) is 0 Å². The highest BCUT2D eigenvalue weighted by atomic mass is 16.2. The third-order valence-corrected chi connectivity index (χ3v) is 5.68. The molecule has 3 rings (SSSR count). The number of para-hydroxylation sites is 1. The van der Waals surface area contributed by atoms with E-state index in [-0.39, 0.29) is 5.91 Å². The van der Waals surface area contributed by atoms with Crippen molar-refractivity contribution in [1.29, 1.82) is 0 Å². The van der Waals surface area contributed by atoms with Crippen LogP contribution < -0.4 is 5.32 Å². The Bertz CT molecular complexity index is 795. The van der Waals surface area contributed by atoms with Gasteiger partial charge in [-0.1, -0.05) is 74.5 Å². The van der Waals surface area contributed by atoms with Crippen LogP contribution >= 0.6 is 0 Å². The van der Waals surface area contributed by atoms with Gasteiger partial charge in [0.25, 0.3) is 0 Å². The highest BCUT2D eigenvalue weighted by Crippen LogP contribution is 2.26. The molecule has 29 heavy (non-hydrogen) atoms. The number of benzene rings is 2. The average molecular weight is 392 g/mol. The second kappa shape index (κ2) is 10.9. The van der Waals surface area contributed by atoms with Gasteiger partial charge in [0, 0.05) is 38.4 Å². The quantitative estimate of drug-likeness (QED) is 0.721. The van der Waals surface area contributed by atoms with Gasteiger partial charge in [0.1, 0.15) is 0 Å². The lowest BCUT2D eigenvalue weighted by Crippen LogP contribution is -2.48. The Morgan fingerprint density at radius 2 is 1.66 bits per heavy atom. The van der Waals surface area contributed by atoms with E-state index >= 15 is 0 Å². The summed E-state index contributed by atoms with van der Waals surface area (Å²) in [7, 11) is 0. The van der Waals surface area contributed by atoms with Crippen LogP contribution in [0.4, 0.5) is 5.69 Å². The summed E-state index contributed by atoms with van der Waals surface area (Å²) in [5.74, 6) is 0.525. The second-order valence-corrected chi connectivity index (χ2v) is 7.83. The van der Waals surface area contributed by atoms with E-state index < -0.39 is 0 Å². The van der Waals surface area contributed by atoms with E-state index in [1.165, 1.54) is 11.1 Å². The van der Waals surface area contributed by atoms with Gasteiger partial charge >= 0.3 is 0 Å². The van der Waals surface area contributed by atoms with E-state index in [0.717, 1.165) is 44.8 Å². The molecule has 0 aliphatic carbocycles. The number of carbonyl (C=O) groups excluding carboxylic acids is 1. The Labute approximate surface area is 175 Å². The van der Waals surface area contributed by atoms with Crippen molar-refractivity contribution < 1.29 is 4.79 Å². The number of piperazine rings is 1. The van der Waals surface area contributed by atoms with Crippen LogP contribution in [0.1, 0.15) is 37.3 Å². The summed E-state index contributed by atoms with van der Waals surface area (Å²) in [6.45, 7) is 9.65. The van der Waals surface area contributed by atoms with Crippen molar-refractivity contribution in [1.82, 2.24) is 9.80 Å². The van der Waals surface area contributed by atoms with Gasteiger partial charge < -0.3 is 5.32 Å². The molecule has 1 fully saturated rings. The summed E-state index contributed by atoms with van der Waals surface area (Å²) >= 11 is 0. The van der Waals surface area contributed by atoms with Crippen LogP contribution in [0.25, 0.3) is 6.08 Å². The molecule has 1 amide bonds. The third-order valence-electron chi connectivity index (χ3n) is 5.68. The molecular formula is C25H33N3O. The first kappa shape index (κ1) is 21.3. The number of carbonyl (C=O) groups is 1. The van der Waals surface area contributed by atoms with Gasteiger partial charge in [0.15, 0.2) is 0 Å². The number of hydrogen-bond donors (Lipinski definition) is 1. The molecule has 4 heteroatoms. The minimum absolute atomic E-state index is 0.0816. The first-order chi connectivity index (χ1) is 14.2. The maximum Gasteiger partial charge on any atom is 0.238 e. The summed E-state index contributed by atoms with van der Waals surface area (Å²) in [5, 5.41) is 3.13. The number of nitrogens with zero attached hydrogens (tertiary/aromatic N) is 2. The van der Waals surface area contributed by atoms with Gasteiger partial charge in [-0.05, 0) is 29.5 Å². The summed E-state index contributed by atoms with van der Waals surface area (Å²) in [6.07, 6.45) is 5.46. The van der Waals surface area contributed by atoms with Crippen molar-refractivity contribution in [2.75, 3.05) is 44.6 Å². The lowest BCUT2D eigenvalue weighted by Gasteiger charge is -2.33. The van der Waals surface area contributed by atoms with Gasteiger partial charge in [-0.25, -0.2) is 0 Å². The molecule has 1 aliphatic heterocycles. The Morgan fingerprint density at radius 1 is 1.00 bits per heavy atom. The van der Waals surface area contributed by atoms with Gasteiger partial charge in [-0.15, -0.1) is 0 Å². The van der Waals surface area contributed by atoms with Crippen LogP contribution in [-0.2, 0) is 4.79 Å². The van der Waals surface area contributed by atoms with Crippen molar-refractivity contribution in [2.45, 2.75) is 26.2 Å². The van der Waals surface area contributed by atoms with Crippen molar-refractivity contribution >= 4 is 17.7 Å². The summed E-state index contributed by atoms with van der Waals surface area (Å²) in [4.78, 5) is 17.3. The number of rotatable bonds is 8. The second-order valence-electron chi connectivity index (χ2n) is 7.83. The van der Waals surface area contributed by atoms with Crippen LogP contribution in [0.3, 0.4) is 0 Å². The first-order valence-electron chi connectivity index (χ1n) is 10.7. The third kappa shape index (κ3) is 6.55. The summed E-state index contributed by atoms with van der Waals surface area (Å²) in [5.41, 5.74) is 3.41. The van der Waals surface area contributed by atoms with Crippen LogP contribution in [0, 0.1) is 0 Å². The van der Waals surface area contributed by atoms with Gasteiger partial charge in [0.05, 0.1) is 6.54 Å². The molecule has 0 radical (unpaired) electrons. The molecule has 2 aromatic rings. The van der Waals surface area contributed by atoms with E-state index in [1.54, 1.807) is 0 Å². The van der Waals surface area contributed by atoms with Crippen LogP contribution in [0.15, 0.2) is 60.7 Å². The first-order valence-corrected chi connectivity index (χ1v) is 10.7. The standard InChI is InChI=1S/C25H33N3O/c1-3-21(2)23-13-7-8-14-24(23)26-25(29)20-28-18-16-27(17-19-28)15-9-12-22-10-5-4-6-11-22/h4-14,21H,3,15-20H2,1-2H3,(H,26,29)/b12-9+/t21-/m1/s1. The van der Waals surface area contributed by atoms with E-state index in [0.29, 0.717) is 12.5 Å². The SMILES string of the molecule is CC[C@@H](C)c1ccccc1NC(=O)CN1CCN(C/C=C/c2ccccc2)CC1. The molecule has 1 N–H and O–H groups in total. The fourth-order valence-corrected chi connectivity index (χ4v) is 3.69. The van der Waals surface area contributed by atoms with Gasteiger partial charge in [0.2, 0.25) is 5.91 Å². The normalized spacial score (nSPS) is 16.8. The molecule has 0 unspecified atom stereocenters. The highest BCUT2D eigenvalue weighted by Gasteiger charge is 2.19. The number of anilines is 1. The molecule has 154 valence electrons. The monoisotopic (exact) mass is 391 g/mol. The minimum atomic E-state index is 0.0816. The van der Waals surface area contributed by atoms with E-state index in [4.69, 9.17) is 0 Å². The number of hydrogen-bond acceptors (Lipinski definition) is 3. The molecule has 0 spiro atoms. The molecule has 1 heterocycles. The number of nitrogens with one attached hydrogen (secondary N) is 1. The smallest absolute Gasteiger partial charge is 0.238 e. The summed E-state index contributed by atoms with van der Waals surface area (Å²) in [6, 6.07) is 18.6. The number of amides is 1. The average Bonchev–Trinajstić information content (AvgIpc) is 2.75.